The van der Waals surface area contributed by atoms with Gasteiger partial charge in [0.15, 0.2) is 5.78 Å². The van der Waals surface area contributed by atoms with Crippen LogP contribution in [0.15, 0.2) is 47.5 Å². The summed E-state index contributed by atoms with van der Waals surface area (Å²) in [6.07, 6.45) is 5.04. The van der Waals surface area contributed by atoms with E-state index < -0.39 is 0 Å². The van der Waals surface area contributed by atoms with Gasteiger partial charge in [0.2, 0.25) is 0 Å². The summed E-state index contributed by atoms with van der Waals surface area (Å²) in [6, 6.07) is 10.6. The van der Waals surface area contributed by atoms with Gasteiger partial charge in [-0.05, 0) is 60.4 Å². The summed E-state index contributed by atoms with van der Waals surface area (Å²) < 4.78 is 0. The van der Waals surface area contributed by atoms with Gasteiger partial charge in [0.25, 0.3) is 0 Å². The number of ketones is 1. The summed E-state index contributed by atoms with van der Waals surface area (Å²) in [7, 11) is 0. The van der Waals surface area contributed by atoms with Gasteiger partial charge in [0, 0.05) is 33.9 Å². The second-order valence-electron chi connectivity index (χ2n) is 5.94. The van der Waals surface area contributed by atoms with E-state index in [1.54, 1.807) is 24.3 Å². The monoisotopic (exact) mass is 320 g/mol. The maximum Gasteiger partial charge on any atom is 0.185 e. The lowest BCUT2D eigenvalue weighted by atomic mass is 10.0. The zero-order chi connectivity index (χ0) is 17.3. The van der Waals surface area contributed by atoms with E-state index in [1.807, 2.05) is 24.3 Å². The number of anilines is 4. The molecule has 24 heavy (non-hydrogen) atoms. The lowest BCUT2D eigenvalue weighted by molar-refractivity contribution is -0.111. The van der Waals surface area contributed by atoms with Crippen LogP contribution in [0.1, 0.15) is 24.0 Å². The molecule has 0 spiro atoms. The van der Waals surface area contributed by atoms with E-state index in [0.29, 0.717) is 35.6 Å². The van der Waals surface area contributed by atoms with Crippen molar-refractivity contribution in [2.45, 2.75) is 12.8 Å². The van der Waals surface area contributed by atoms with Crippen LogP contribution in [0, 0.1) is 0 Å². The molecule has 8 N–H and O–H groups in total. The maximum atomic E-state index is 12.6. The molecule has 1 saturated carbocycles. The Morgan fingerprint density at radius 2 is 1.12 bits per heavy atom. The van der Waals surface area contributed by atoms with E-state index in [4.69, 9.17) is 22.9 Å². The molecule has 0 bridgehead atoms. The highest BCUT2D eigenvalue weighted by Crippen LogP contribution is 2.32. The van der Waals surface area contributed by atoms with Gasteiger partial charge in [-0.25, -0.2) is 0 Å². The van der Waals surface area contributed by atoms with E-state index in [2.05, 4.69) is 0 Å². The fourth-order valence-electron chi connectivity index (χ4n) is 2.80. The molecule has 0 heterocycles. The lowest BCUT2D eigenvalue weighted by Gasteiger charge is -2.04. The Balaban J connectivity index is 1.89. The molecule has 0 amide bonds. The number of nitrogens with two attached hydrogens (primary N) is 4. The van der Waals surface area contributed by atoms with Crippen molar-refractivity contribution in [1.29, 1.82) is 0 Å². The van der Waals surface area contributed by atoms with Gasteiger partial charge in [-0.15, -0.1) is 0 Å². The quantitative estimate of drug-likeness (QED) is 0.501. The predicted molar refractivity (Wildman–Crippen MR) is 101 cm³/mol. The molecule has 1 fully saturated rings. The molecule has 0 saturated heterocycles. The molecule has 0 unspecified atom stereocenters. The first-order valence-electron chi connectivity index (χ1n) is 7.70. The zero-order valence-corrected chi connectivity index (χ0v) is 13.3. The minimum absolute atomic E-state index is 0.0300. The normalized spacial score (nSPS) is 17.8. The molecule has 5 nitrogen and oxygen atoms in total. The van der Waals surface area contributed by atoms with Crippen LogP contribution >= 0.6 is 0 Å². The third-order valence-corrected chi connectivity index (χ3v) is 4.13. The van der Waals surface area contributed by atoms with Crippen molar-refractivity contribution in [3.63, 3.8) is 0 Å². The van der Waals surface area contributed by atoms with Crippen molar-refractivity contribution < 1.29 is 4.79 Å². The van der Waals surface area contributed by atoms with Gasteiger partial charge in [-0.1, -0.05) is 12.1 Å². The molecule has 122 valence electrons. The number of hydrogen-bond acceptors (Lipinski definition) is 5. The molecule has 0 aliphatic heterocycles. The van der Waals surface area contributed by atoms with Crippen molar-refractivity contribution in [3.05, 3.63) is 58.7 Å². The molecular formula is C19H20N4O. The number of allylic oxidation sites excluding steroid dienone is 2. The third-order valence-electron chi connectivity index (χ3n) is 4.13. The number of carbonyl (C=O) groups excluding carboxylic acids is 1. The van der Waals surface area contributed by atoms with Gasteiger partial charge >= 0.3 is 0 Å². The summed E-state index contributed by atoms with van der Waals surface area (Å²) in [6.45, 7) is 0. The van der Waals surface area contributed by atoms with Crippen molar-refractivity contribution in [1.82, 2.24) is 0 Å². The van der Waals surface area contributed by atoms with Crippen LogP contribution in [0.5, 0.6) is 0 Å². The molecule has 1 aliphatic carbocycles. The summed E-state index contributed by atoms with van der Waals surface area (Å²) in [4.78, 5) is 12.6. The second-order valence-corrected chi connectivity index (χ2v) is 5.94. The second kappa shape index (κ2) is 6.12. The Kier molecular flexibility index (Phi) is 4.00. The molecular weight excluding hydrogens is 300 g/mol. The predicted octanol–water partition coefficient (Wildman–Crippen LogP) is 2.85. The van der Waals surface area contributed by atoms with Crippen molar-refractivity contribution in [2.75, 3.05) is 22.9 Å². The Labute approximate surface area is 140 Å². The molecule has 0 atom stereocenters. The van der Waals surface area contributed by atoms with Gasteiger partial charge in [0.05, 0.1) is 0 Å². The van der Waals surface area contributed by atoms with E-state index in [0.717, 1.165) is 22.3 Å². The smallest absolute Gasteiger partial charge is 0.185 e. The molecule has 0 radical (unpaired) electrons. The van der Waals surface area contributed by atoms with Crippen molar-refractivity contribution in [2.24, 2.45) is 0 Å². The van der Waals surface area contributed by atoms with Crippen LogP contribution in [0.4, 0.5) is 22.7 Å². The Bertz CT molecular complexity index is 809. The number of rotatable bonds is 2. The molecule has 2 aromatic rings. The van der Waals surface area contributed by atoms with Gasteiger partial charge < -0.3 is 22.9 Å². The van der Waals surface area contributed by atoms with Crippen LogP contribution in [0.3, 0.4) is 0 Å². The largest absolute Gasteiger partial charge is 0.399 e. The fraction of sp³-hybridized carbons (Fsp3) is 0.105. The van der Waals surface area contributed by atoms with Crippen LogP contribution in [-0.2, 0) is 4.79 Å². The summed E-state index contributed by atoms with van der Waals surface area (Å²) >= 11 is 0. The van der Waals surface area contributed by atoms with E-state index in [9.17, 15) is 4.79 Å². The van der Waals surface area contributed by atoms with Gasteiger partial charge in [-0.3, -0.25) is 4.79 Å². The van der Waals surface area contributed by atoms with E-state index >= 15 is 0 Å². The Morgan fingerprint density at radius 1 is 0.708 bits per heavy atom. The minimum Gasteiger partial charge on any atom is -0.399 e. The Hall–Kier alpha value is -3.21. The van der Waals surface area contributed by atoms with Gasteiger partial charge in [0.1, 0.15) is 0 Å². The first kappa shape index (κ1) is 15.7. The standard InChI is InChI=1S/C19H20N4O/c20-15-5-3-11(17(22)9-15)7-13-1-2-14(19(13)24)8-12-4-6-16(21)10-18(12)23/h3-10H,1-2,20-23H2. The number of Topliss-reactive ketones (excluding diaryl/α,β-unsaturated/α-hetero) is 1. The number of hydrogen-bond donors (Lipinski definition) is 4. The van der Waals surface area contributed by atoms with Gasteiger partial charge in [-0.2, -0.15) is 0 Å². The third kappa shape index (κ3) is 3.10. The molecule has 0 aromatic heterocycles. The first-order valence-corrected chi connectivity index (χ1v) is 7.70. The molecule has 1 aliphatic rings. The minimum atomic E-state index is 0.0300. The number of benzene rings is 2. The number of nitrogen functional groups attached to an aromatic ring is 4. The average Bonchev–Trinajstić information content (AvgIpc) is 2.86. The average molecular weight is 320 g/mol. The Morgan fingerprint density at radius 3 is 1.50 bits per heavy atom. The molecule has 5 heteroatoms. The summed E-state index contributed by atoms with van der Waals surface area (Å²) in [5, 5.41) is 0. The highest BCUT2D eigenvalue weighted by Gasteiger charge is 2.23. The fourth-order valence-corrected chi connectivity index (χ4v) is 2.80. The molecule has 3 rings (SSSR count). The van der Waals surface area contributed by atoms with Crippen molar-refractivity contribution in [3.8, 4) is 0 Å². The van der Waals surface area contributed by atoms with Crippen LogP contribution < -0.4 is 22.9 Å². The lowest BCUT2D eigenvalue weighted by Crippen LogP contribution is -1.98. The first-order chi connectivity index (χ1) is 11.4. The number of carbonyl (C=O) groups is 1. The van der Waals surface area contributed by atoms with Crippen LogP contribution in [0.25, 0.3) is 12.2 Å². The van der Waals surface area contributed by atoms with E-state index in [-0.39, 0.29) is 5.78 Å². The van der Waals surface area contributed by atoms with Crippen LogP contribution in [-0.4, -0.2) is 5.78 Å². The van der Waals surface area contributed by atoms with E-state index in [1.165, 1.54) is 0 Å². The summed E-state index contributed by atoms with van der Waals surface area (Å²) in [5.41, 5.74) is 28.7. The highest BCUT2D eigenvalue weighted by molar-refractivity contribution is 6.16. The molecule has 2 aromatic carbocycles. The van der Waals surface area contributed by atoms with Crippen LogP contribution in [0.2, 0.25) is 0 Å². The topological polar surface area (TPSA) is 121 Å². The SMILES string of the molecule is Nc1ccc(C=C2CCC(=Cc3ccc(N)cc3N)C2=O)c(N)c1. The summed E-state index contributed by atoms with van der Waals surface area (Å²) in [5.74, 6) is 0.0300. The zero-order valence-electron chi connectivity index (χ0n) is 13.3. The maximum absolute atomic E-state index is 12.6. The van der Waals surface area contributed by atoms with Crippen molar-refractivity contribution >= 4 is 40.7 Å². The highest BCUT2D eigenvalue weighted by atomic mass is 16.1.